The molecule has 0 radical (unpaired) electrons. The van der Waals surface area contributed by atoms with E-state index in [1.807, 2.05) is 6.07 Å². The van der Waals surface area contributed by atoms with Crippen LogP contribution in [-0.2, 0) is 11.3 Å². The second-order valence-corrected chi connectivity index (χ2v) is 7.32. The minimum atomic E-state index is -0.653. The van der Waals surface area contributed by atoms with E-state index in [9.17, 15) is 13.6 Å². The van der Waals surface area contributed by atoms with Crippen molar-refractivity contribution in [1.29, 1.82) is 0 Å². The van der Waals surface area contributed by atoms with Crippen molar-refractivity contribution >= 4 is 11.9 Å². The van der Waals surface area contributed by atoms with Crippen LogP contribution < -0.4 is 15.5 Å². The Labute approximate surface area is 162 Å². The first-order chi connectivity index (χ1) is 13.6. The summed E-state index contributed by atoms with van der Waals surface area (Å²) in [5, 5.41) is 6.25. The van der Waals surface area contributed by atoms with Gasteiger partial charge in [0, 0.05) is 44.4 Å². The second-order valence-electron chi connectivity index (χ2n) is 7.32. The minimum Gasteiger partial charge on any atom is -0.348 e. The second kappa shape index (κ2) is 8.18. The average Bonchev–Trinajstić information content (AvgIpc) is 3.21. The molecule has 1 amide bonds. The summed E-state index contributed by atoms with van der Waals surface area (Å²) in [7, 11) is 0. The van der Waals surface area contributed by atoms with Gasteiger partial charge >= 0.3 is 0 Å². The van der Waals surface area contributed by atoms with Crippen molar-refractivity contribution in [1.82, 2.24) is 20.6 Å². The molecule has 2 atom stereocenters. The van der Waals surface area contributed by atoms with E-state index in [1.54, 1.807) is 6.20 Å². The Bertz CT molecular complexity index is 836. The summed E-state index contributed by atoms with van der Waals surface area (Å²) in [5.41, 5.74) is 1.27. The molecule has 0 saturated carbocycles. The molecule has 0 spiro atoms. The summed E-state index contributed by atoms with van der Waals surface area (Å²) < 4.78 is 27.3. The molecule has 148 valence electrons. The number of piperidine rings is 1. The molecule has 28 heavy (non-hydrogen) atoms. The number of carbonyl (C=O) groups is 1. The van der Waals surface area contributed by atoms with Crippen LogP contribution in [0.15, 0.2) is 30.5 Å². The predicted molar refractivity (Wildman–Crippen MR) is 101 cm³/mol. The van der Waals surface area contributed by atoms with E-state index in [4.69, 9.17) is 0 Å². The minimum absolute atomic E-state index is 0.119. The third kappa shape index (κ3) is 4.27. The molecule has 2 aromatic rings. The van der Waals surface area contributed by atoms with Crippen LogP contribution >= 0.6 is 0 Å². The standard InChI is InChI=1S/C20H23F2N5O/c21-14-9-13(10-15(22)11-14)19-17(3-4-18(28)26-19)24-12-16-5-6-23-20(25-16)27-7-1-2-8-27/h5-6,9-11,17,19,24H,1-4,7-8,12H2,(H,26,28)/t17-,19+/m1/s1. The van der Waals surface area contributed by atoms with Crippen LogP contribution in [0.1, 0.15) is 43.0 Å². The highest BCUT2D eigenvalue weighted by molar-refractivity contribution is 5.77. The molecule has 3 heterocycles. The van der Waals surface area contributed by atoms with Gasteiger partial charge in [0.2, 0.25) is 11.9 Å². The number of halogens is 2. The zero-order valence-corrected chi connectivity index (χ0v) is 15.5. The molecule has 1 aromatic carbocycles. The van der Waals surface area contributed by atoms with Gasteiger partial charge < -0.3 is 15.5 Å². The van der Waals surface area contributed by atoms with Crippen LogP contribution in [0.5, 0.6) is 0 Å². The molecule has 4 rings (SSSR count). The molecular formula is C20H23F2N5O. The first-order valence-corrected chi connectivity index (χ1v) is 9.64. The lowest BCUT2D eigenvalue weighted by Crippen LogP contribution is -2.48. The van der Waals surface area contributed by atoms with E-state index in [0.29, 0.717) is 24.9 Å². The van der Waals surface area contributed by atoms with Crippen LogP contribution in [0.25, 0.3) is 0 Å². The van der Waals surface area contributed by atoms with Gasteiger partial charge in [0.15, 0.2) is 0 Å². The molecule has 2 aliphatic heterocycles. The van der Waals surface area contributed by atoms with Crippen molar-refractivity contribution in [3.05, 3.63) is 53.4 Å². The Morgan fingerprint density at radius 2 is 1.93 bits per heavy atom. The Kier molecular flexibility index (Phi) is 5.47. The number of hydrogen-bond acceptors (Lipinski definition) is 5. The van der Waals surface area contributed by atoms with Gasteiger partial charge in [0.1, 0.15) is 11.6 Å². The summed E-state index contributed by atoms with van der Waals surface area (Å²) in [6.07, 6.45) is 5.01. The summed E-state index contributed by atoms with van der Waals surface area (Å²) >= 11 is 0. The van der Waals surface area contributed by atoms with E-state index in [2.05, 4.69) is 25.5 Å². The lowest BCUT2D eigenvalue weighted by atomic mass is 9.91. The normalized spacial score (nSPS) is 22.4. The number of amides is 1. The average molecular weight is 387 g/mol. The topological polar surface area (TPSA) is 70.2 Å². The van der Waals surface area contributed by atoms with E-state index in [1.165, 1.54) is 12.1 Å². The number of carbonyl (C=O) groups excluding carboxylic acids is 1. The van der Waals surface area contributed by atoms with Crippen molar-refractivity contribution < 1.29 is 13.6 Å². The number of nitrogens with one attached hydrogen (secondary N) is 2. The molecule has 0 aliphatic carbocycles. The Balaban J connectivity index is 1.48. The maximum atomic E-state index is 13.7. The van der Waals surface area contributed by atoms with E-state index >= 15 is 0 Å². The number of hydrogen-bond donors (Lipinski definition) is 2. The van der Waals surface area contributed by atoms with Gasteiger partial charge in [-0.2, -0.15) is 0 Å². The van der Waals surface area contributed by atoms with Crippen LogP contribution in [0, 0.1) is 11.6 Å². The highest BCUT2D eigenvalue weighted by atomic mass is 19.1. The number of rotatable bonds is 5. The van der Waals surface area contributed by atoms with Gasteiger partial charge in [-0.05, 0) is 43.0 Å². The molecule has 1 aromatic heterocycles. The van der Waals surface area contributed by atoms with Crippen molar-refractivity contribution in [2.45, 2.75) is 44.3 Å². The Morgan fingerprint density at radius 1 is 1.18 bits per heavy atom. The largest absolute Gasteiger partial charge is 0.348 e. The van der Waals surface area contributed by atoms with Gasteiger partial charge in [0.25, 0.3) is 0 Å². The maximum Gasteiger partial charge on any atom is 0.225 e. The maximum absolute atomic E-state index is 13.7. The number of benzene rings is 1. The molecule has 2 N–H and O–H groups in total. The van der Waals surface area contributed by atoms with Gasteiger partial charge in [-0.3, -0.25) is 4.79 Å². The summed E-state index contributed by atoms with van der Waals surface area (Å²) in [6.45, 7) is 2.43. The summed E-state index contributed by atoms with van der Waals surface area (Å²) in [6, 6.07) is 4.58. The van der Waals surface area contributed by atoms with Crippen LogP contribution in [0.2, 0.25) is 0 Å². The lowest BCUT2D eigenvalue weighted by molar-refractivity contribution is -0.123. The molecule has 2 aliphatic rings. The zero-order chi connectivity index (χ0) is 19.5. The highest BCUT2D eigenvalue weighted by Gasteiger charge is 2.30. The number of nitrogens with zero attached hydrogens (tertiary/aromatic N) is 3. The van der Waals surface area contributed by atoms with E-state index < -0.39 is 17.7 Å². The lowest BCUT2D eigenvalue weighted by Gasteiger charge is -2.33. The third-order valence-corrected chi connectivity index (χ3v) is 5.28. The number of anilines is 1. The summed E-state index contributed by atoms with van der Waals surface area (Å²) in [5.74, 6) is -0.692. The summed E-state index contributed by atoms with van der Waals surface area (Å²) in [4.78, 5) is 23.0. The van der Waals surface area contributed by atoms with Gasteiger partial charge in [0.05, 0.1) is 11.7 Å². The Morgan fingerprint density at radius 3 is 2.68 bits per heavy atom. The van der Waals surface area contributed by atoms with Crippen molar-refractivity contribution in [3.8, 4) is 0 Å². The highest BCUT2D eigenvalue weighted by Crippen LogP contribution is 2.26. The fourth-order valence-corrected chi connectivity index (χ4v) is 3.88. The molecule has 0 unspecified atom stereocenters. The zero-order valence-electron chi connectivity index (χ0n) is 15.5. The van der Waals surface area contributed by atoms with Crippen LogP contribution in [0.4, 0.5) is 14.7 Å². The first-order valence-electron chi connectivity index (χ1n) is 9.64. The Hall–Kier alpha value is -2.61. The van der Waals surface area contributed by atoms with Crippen molar-refractivity contribution in [2.75, 3.05) is 18.0 Å². The SMILES string of the molecule is O=C1CC[C@@H](NCc2ccnc(N3CCCC3)n2)[C@H](c2cc(F)cc(F)c2)N1. The van der Waals surface area contributed by atoms with Crippen LogP contribution in [0.3, 0.4) is 0 Å². The van der Waals surface area contributed by atoms with Crippen molar-refractivity contribution in [2.24, 2.45) is 0 Å². The molecule has 0 bridgehead atoms. The van der Waals surface area contributed by atoms with Gasteiger partial charge in [-0.25, -0.2) is 18.7 Å². The fraction of sp³-hybridized carbons (Fsp3) is 0.450. The van der Waals surface area contributed by atoms with E-state index in [-0.39, 0.29) is 11.9 Å². The smallest absolute Gasteiger partial charge is 0.225 e. The molecular weight excluding hydrogens is 364 g/mol. The fourth-order valence-electron chi connectivity index (χ4n) is 3.88. The van der Waals surface area contributed by atoms with Crippen molar-refractivity contribution in [3.63, 3.8) is 0 Å². The first kappa shape index (κ1) is 18.7. The van der Waals surface area contributed by atoms with Gasteiger partial charge in [-0.1, -0.05) is 0 Å². The molecule has 2 saturated heterocycles. The molecule has 8 heteroatoms. The molecule has 6 nitrogen and oxygen atoms in total. The quantitative estimate of drug-likeness (QED) is 0.825. The monoisotopic (exact) mass is 387 g/mol. The van der Waals surface area contributed by atoms with Gasteiger partial charge in [-0.15, -0.1) is 0 Å². The molecule has 2 fully saturated rings. The number of aromatic nitrogens is 2. The van der Waals surface area contributed by atoms with Crippen LogP contribution in [-0.4, -0.2) is 35.0 Å². The third-order valence-electron chi connectivity index (χ3n) is 5.28. The predicted octanol–water partition coefficient (Wildman–Crippen LogP) is 2.46. The van der Waals surface area contributed by atoms with E-state index in [0.717, 1.165) is 43.6 Å².